The fourth-order valence-corrected chi connectivity index (χ4v) is 4.28. The summed E-state index contributed by atoms with van der Waals surface area (Å²) in [6, 6.07) is 16.9. The zero-order valence-corrected chi connectivity index (χ0v) is 16.7. The highest BCUT2D eigenvalue weighted by Crippen LogP contribution is 2.26. The minimum absolute atomic E-state index is 0.877. The van der Waals surface area contributed by atoms with Crippen LogP contribution in [0.3, 0.4) is 0 Å². The van der Waals surface area contributed by atoms with E-state index in [1.807, 2.05) is 12.1 Å². The number of anilines is 1. The Kier molecular flexibility index (Phi) is 5.41. The normalized spacial score (nSPS) is 15.1. The van der Waals surface area contributed by atoms with Crippen molar-refractivity contribution in [3.05, 3.63) is 65.2 Å². The number of hydrogen-bond donors (Lipinski definition) is 0. The number of benzene rings is 2. The Morgan fingerprint density at radius 2 is 1.81 bits per heavy atom. The Bertz CT molecular complexity index is 883. The van der Waals surface area contributed by atoms with E-state index in [4.69, 9.17) is 9.72 Å². The number of aryl methyl sites for hydroxylation is 1. The quantitative estimate of drug-likeness (QED) is 0.655. The molecule has 2 aromatic carbocycles. The molecule has 0 unspecified atom stereocenters. The summed E-state index contributed by atoms with van der Waals surface area (Å²) in [6.07, 6.45) is 0. The number of methoxy groups -OCH3 is 1. The second kappa shape index (κ2) is 8.11. The maximum atomic E-state index is 5.23. The molecule has 0 radical (unpaired) electrons. The zero-order chi connectivity index (χ0) is 18.6. The van der Waals surface area contributed by atoms with Crippen LogP contribution in [0.5, 0.6) is 5.75 Å². The Labute approximate surface area is 165 Å². The first-order chi connectivity index (χ1) is 13.2. The predicted octanol–water partition coefficient (Wildman–Crippen LogP) is 4.45. The van der Waals surface area contributed by atoms with Crippen molar-refractivity contribution in [1.82, 2.24) is 9.88 Å². The van der Waals surface area contributed by atoms with Gasteiger partial charge in [0.2, 0.25) is 0 Å². The van der Waals surface area contributed by atoms with E-state index < -0.39 is 0 Å². The number of piperazine rings is 1. The van der Waals surface area contributed by atoms with Crippen LogP contribution in [-0.4, -0.2) is 43.2 Å². The molecule has 0 atom stereocenters. The molecule has 2 heterocycles. The minimum atomic E-state index is 0.877. The Balaban J connectivity index is 1.35. The average molecular weight is 380 g/mol. The van der Waals surface area contributed by atoms with Gasteiger partial charge in [-0.05, 0) is 48.9 Å². The maximum Gasteiger partial charge on any atom is 0.123 e. The molecule has 1 saturated heterocycles. The van der Waals surface area contributed by atoms with Gasteiger partial charge in [0.25, 0.3) is 0 Å². The predicted molar refractivity (Wildman–Crippen MR) is 113 cm³/mol. The first-order valence-electron chi connectivity index (χ1n) is 9.34. The number of ether oxygens (including phenoxy) is 1. The van der Waals surface area contributed by atoms with Crippen molar-refractivity contribution < 1.29 is 4.74 Å². The highest BCUT2D eigenvalue weighted by Gasteiger charge is 2.18. The molecule has 4 rings (SSSR count). The summed E-state index contributed by atoms with van der Waals surface area (Å²) < 4.78 is 5.23. The van der Waals surface area contributed by atoms with Crippen LogP contribution in [0.4, 0.5) is 5.69 Å². The number of aromatic nitrogens is 1. The van der Waals surface area contributed by atoms with E-state index in [9.17, 15) is 0 Å². The zero-order valence-electron chi connectivity index (χ0n) is 15.9. The molecule has 27 heavy (non-hydrogen) atoms. The van der Waals surface area contributed by atoms with Crippen LogP contribution in [0.1, 0.15) is 11.3 Å². The largest absolute Gasteiger partial charge is 0.497 e. The van der Waals surface area contributed by atoms with Gasteiger partial charge in [-0.15, -0.1) is 11.3 Å². The van der Waals surface area contributed by atoms with Crippen molar-refractivity contribution in [2.75, 3.05) is 38.2 Å². The monoisotopic (exact) mass is 379 g/mol. The van der Waals surface area contributed by atoms with Crippen LogP contribution in [-0.2, 0) is 6.54 Å². The van der Waals surface area contributed by atoms with E-state index >= 15 is 0 Å². The van der Waals surface area contributed by atoms with E-state index in [2.05, 4.69) is 58.5 Å². The molecule has 5 heteroatoms. The van der Waals surface area contributed by atoms with Crippen molar-refractivity contribution >= 4 is 17.0 Å². The molecule has 1 fully saturated rings. The van der Waals surface area contributed by atoms with Gasteiger partial charge in [0.15, 0.2) is 0 Å². The lowest BCUT2D eigenvalue weighted by Crippen LogP contribution is -2.46. The smallest absolute Gasteiger partial charge is 0.123 e. The van der Waals surface area contributed by atoms with Gasteiger partial charge >= 0.3 is 0 Å². The van der Waals surface area contributed by atoms with Crippen molar-refractivity contribution in [3.63, 3.8) is 0 Å². The van der Waals surface area contributed by atoms with Crippen molar-refractivity contribution in [1.29, 1.82) is 0 Å². The molecule has 0 bridgehead atoms. The van der Waals surface area contributed by atoms with Crippen molar-refractivity contribution in [2.45, 2.75) is 13.5 Å². The molecule has 1 aromatic heterocycles. The summed E-state index contributed by atoms with van der Waals surface area (Å²) in [6.45, 7) is 7.36. The molecule has 3 aromatic rings. The van der Waals surface area contributed by atoms with Crippen LogP contribution in [0.15, 0.2) is 53.9 Å². The van der Waals surface area contributed by atoms with Gasteiger partial charge in [0, 0.05) is 49.4 Å². The van der Waals surface area contributed by atoms with Gasteiger partial charge in [-0.25, -0.2) is 4.98 Å². The fraction of sp³-hybridized carbons (Fsp3) is 0.318. The fourth-order valence-electron chi connectivity index (χ4n) is 3.46. The van der Waals surface area contributed by atoms with Gasteiger partial charge < -0.3 is 9.64 Å². The molecule has 1 aliphatic rings. The maximum absolute atomic E-state index is 5.23. The highest BCUT2D eigenvalue weighted by atomic mass is 32.1. The molecule has 0 amide bonds. The number of nitrogens with zero attached hydrogens (tertiary/aromatic N) is 3. The molecule has 0 saturated carbocycles. The van der Waals surface area contributed by atoms with Crippen LogP contribution < -0.4 is 9.64 Å². The second-order valence-electron chi connectivity index (χ2n) is 6.97. The molecule has 0 aliphatic carbocycles. The minimum Gasteiger partial charge on any atom is -0.497 e. The van der Waals surface area contributed by atoms with Crippen LogP contribution in [0, 0.1) is 6.92 Å². The Hall–Kier alpha value is -2.37. The first-order valence-corrected chi connectivity index (χ1v) is 10.2. The van der Waals surface area contributed by atoms with Crippen LogP contribution in [0.2, 0.25) is 0 Å². The second-order valence-corrected chi connectivity index (χ2v) is 7.83. The number of thiazole rings is 1. The topological polar surface area (TPSA) is 28.6 Å². The highest BCUT2D eigenvalue weighted by molar-refractivity contribution is 7.13. The van der Waals surface area contributed by atoms with E-state index in [1.165, 1.54) is 11.3 Å². The molecule has 140 valence electrons. The van der Waals surface area contributed by atoms with Gasteiger partial charge in [0.05, 0.1) is 12.8 Å². The van der Waals surface area contributed by atoms with Crippen molar-refractivity contribution in [2.24, 2.45) is 0 Å². The average Bonchev–Trinajstić information content (AvgIpc) is 3.17. The summed E-state index contributed by atoms with van der Waals surface area (Å²) in [7, 11) is 1.69. The lowest BCUT2D eigenvalue weighted by molar-refractivity contribution is 0.247. The summed E-state index contributed by atoms with van der Waals surface area (Å²) in [4.78, 5) is 9.82. The Morgan fingerprint density at radius 1 is 1.04 bits per heavy atom. The summed E-state index contributed by atoms with van der Waals surface area (Å²) in [5.41, 5.74) is 4.97. The SMILES string of the molecule is COc1ccc(-c2nc(CN3CCN(c4cccc(C)c4)CC3)cs2)cc1. The molecule has 4 nitrogen and oxygen atoms in total. The summed E-state index contributed by atoms with van der Waals surface area (Å²) in [5, 5.41) is 3.26. The molecule has 0 N–H and O–H groups in total. The van der Waals surface area contributed by atoms with Crippen molar-refractivity contribution in [3.8, 4) is 16.3 Å². The number of hydrogen-bond acceptors (Lipinski definition) is 5. The third-order valence-electron chi connectivity index (χ3n) is 5.01. The van der Waals surface area contributed by atoms with E-state index in [-0.39, 0.29) is 0 Å². The molecular formula is C22H25N3OS. The molecule has 0 spiro atoms. The van der Waals surface area contributed by atoms with Gasteiger partial charge in [-0.2, -0.15) is 0 Å². The third kappa shape index (κ3) is 4.31. The summed E-state index contributed by atoms with van der Waals surface area (Å²) >= 11 is 1.71. The molecule has 1 aliphatic heterocycles. The van der Waals surface area contributed by atoms with Gasteiger partial charge in [0.1, 0.15) is 10.8 Å². The van der Waals surface area contributed by atoms with E-state index in [1.54, 1.807) is 18.4 Å². The van der Waals surface area contributed by atoms with E-state index in [0.717, 1.165) is 54.7 Å². The van der Waals surface area contributed by atoms with Gasteiger partial charge in [-0.3, -0.25) is 4.90 Å². The summed E-state index contributed by atoms with van der Waals surface area (Å²) in [5.74, 6) is 0.877. The first kappa shape index (κ1) is 18.0. The number of rotatable bonds is 5. The lowest BCUT2D eigenvalue weighted by atomic mass is 10.2. The van der Waals surface area contributed by atoms with Crippen LogP contribution >= 0.6 is 11.3 Å². The molecular weight excluding hydrogens is 354 g/mol. The standard InChI is InChI=1S/C22H25N3OS/c1-17-4-3-5-20(14-17)25-12-10-24(11-13-25)15-19-16-27-22(23-19)18-6-8-21(26-2)9-7-18/h3-9,14,16H,10-13,15H2,1-2H3. The Morgan fingerprint density at radius 3 is 2.52 bits per heavy atom. The third-order valence-corrected chi connectivity index (χ3v) is 5.95. The van der Waals surface area contributed by atoms with Crippen LogP contribution in [0.25, 0.3) is 10.6 Å². The van der Waals surface area contributed by atoms with Gasteiger partial charge in [-0.1, -0.05) is 12.1 Å². The van der Waals surface area contributed by atoms with E-state index in [0.29, 0.717) is 0 Å². The lowest BCUT2D eigenvalue weighted by Gasteiger charge is -2.35.